The molecular weight excluding hydrogens is 639 g/mol. The highest BCUT2D eigenvalue weighted by Crippen LogP contribution is 2.46. The first-order chi connectivity index (χ1) is 25.8. The number of benzene rings is 8. The average molecular weight is 668 g/mol. The normalized spacial score (nSPS) is 11.8. The van der Waals surface area contributed by atoms with Gasteiger partial charge in [-0.2, -0.15) is 0 Å². The average Bonchev–Trinajstić information content (AvgIpc) is 3.89. The minimum absolute atomic E-state index is 0.843. The highest BCUT2D eigenvalue weighted by molar-refractivity contribution is 6.19. The van der Waals surface area contributed by atoms with Gasteiger partial charge in [-0.3, -0.25) is 0 Å². The molecule has 0 saturated carbocycles. The summed E-state index contributed by atoms with van der Waals surface area (Å²) in [5, 5.41) is 6.56. The van der Waals surface area contributed by atoms with Crippen LogP contribution in [0.15, 0.2) is 189 Å². The molecule has 11 aromatic rings. The summed E-state index contributed by atoms with van der Waals surface area (Å²) in [4.78, 5) is 2.31. The maximum absolute atomic E-state index is 6.55. The van der Waals surface area contributed by atoms with Crippen LogP contribution in [0, 0.1) is 0 Å². The Hall–Kier alpha value is -7.04. The van der Waals surface area contributed by atoms with E-state index in [4.69, 9.17) is 13.3 Å². The van der Waals surface area contributed by atoms with Crippen molar-refractivity contribution in [1.29, 1.82) is 0 Å². The molecule has 244 valence electrons. The molecule has 0 spiro atoms. The van der Waals surface area contributed by atoms with Crippen molar-refractivity contribution < 1.29 is 13.3 Å². The van der Waals surface area contributed by atoms with Crippen molar-refractivity contribution >= 4 is 82.9 Å². The molecule has 11 rings (SSSR count). The number of para-hydroxylation sites is 3. The first-order valence-corrected chi connectivity index (χ1v) is 17.5. The molecule has 3 aromatic heterocycles. The van der Waals surface area contributed by atoms with Crippen LogP contribution in [0.1, 0.15) is 0 Å². The van der Waals surface area contributed by atoms with E-state index < -0.39 is 0 Å². The second-order valence-electron chi connectivity index (χ2n) is 13.3. The third-order valence-electron chi connectivity index (χ3n) is 10.3. The largest absolute Gasteiger partial charge is 0.456 e. The Bertz CT molecular complexity index is 3090. The number of furan rings is 3. The van der Waals surface area contributed by atoms with Gasteiger partial charge in [-0.25, -0.2) is 0 Å². The summed E-state index contributed by atoms with van der Waals surface area (Å²) in [6, 6.07) is 61.2. The van der Waals surface area contributed by atoms with Crippen molar-refractivity contribution in [2.24, 2.45) is 0 Å². The highest BCUT2D eigenvalue weighted by atomic mass is 16.3. The molecule has 0 fully saturated rings. The molecule has 0 unspecified atom stereocenters. The third-order valence-corrected chi connectivity index (χ3v) is 10.3. The van der Waals surface area contributed by atoms with Crippen LogP contribution in [-0.4, -0.2) is 0 Å². The van der Waals surface area contributed by atoms with Gasteiger partial charge < -0.3 is 18.2 Å². The van der Waals surface area contributed by atoms with Crippen molar-refractivity contribution in [2.75, 3.05) is 4.90 Å². The molecule has 0 saturated heterocycles. The van der Waals surface area contributed by atoms with E-state index in [0.717, 1.165) is 105 Å². The van der Waals surface area contributed by atoms with E-state index >= 15 is 0 Å². The second-order valence-corrected chi connectivity index (χ2v) is 13.3. The van der Waals surface area contributed by atoms with Gasteiger partial charge >= 0.3 is 0 Å². The van der Waals surface area contributed by atoms with E-state index in [1.54, 1.807) is 0 Å². The Balaban J connectivity index is 1.06. The summed E-state index contributed by atoms with van der Waals surface area (Å²) in [5.74, 6) is 0. The summed E-state index contributed by atoms with van der Waals surface area (Å²) >= 11 is 0. The van der Waals surface area contributed by atoms with Crippen LogP contribution in [0.2, 0.25) is 0 Å². The molecule has 0 aliphatic rings. The molecule has 4 heteroatoms. The predicted molar refractivity (Wildman–Crippen MR) is 214 cm³/mol. The maximum atomic E-state index is 6.55. The second kappa shape index (κ2) is 11.2. The van der Waals surface area contributed by atoms with Crippen LogP contribution < -0.4 is 4.90 Å². The fraction of sp³-hybridized carbons (Fsp3) is 0. The fourth-order valence-electron chi connectivity index (χ4n) is 7.89. The third kappa shape index (κ3) is 4.41. The van der Waals surface area contributed by atoms with E-state index in [1.165, 1.54) is 0 Å². The number of rotatable bonds is 5. The van der Waals surface area contributed by atoms with E-state index in [0.29, 0.717) is 0 Å². The van der Waals surface area contributed by atoms with Crippen LogP contribution in [0.3, 0.4) is 0 Å². The van der Waals surface area contributed by atoms with Crippen molar-refractivity contribution in [2.45, 2.75) is 0 Å². The Kier molecular flexibility index (Phi) is 6.22. The van der Waals surface area contributed by atoms with Gasteiger partial charge in [0.15, 0.2) is 0 Å². The summed E-state index contributed by atoms with van der Waals surface area (Å²) < 4.78 is 19.3. The van der Waals surface area contributed by atoms with Crippen LogP contribution in [-0.2, 0) is 0 Å². The van der Waals surface area contributed by atoms with Crippen molar-refractivity contribution in [3.05, 3.63) is 176 Å². The fourth-order valence-corrected chi connectivity index (χ4v) is 7.89. The minimum atomic E-state index is 0.843. The van der Waals surface area contributed by atoms with E-state index in [-0.39, 0.29) is 0 Å². The number of fused-ring (bicyclic) bond motifs is 9. The van der Waals surface area contributed by atoms with Gasteiger partial charge in [-0.15, -0.1) is 0 Å². The summed E-state index contributed by atoms with van der Waals surface area (Å²) in [5.41, 5.74) is 12.8. The smallest absolute Gasteiger partial charge is 0.137 e. The zero-order valence-corrected chi connectivity index (χ0v) is 27.9. The monoisotopic (exact) mass is 667 g/mol. The van der Waals surface area contributed by atoms with E-state index in [1.807, 2.05) is 12.1 Å². The van der Waals surface area contributed by atoms with E-state index in [2.05, 4.69) is 169 Å². The SMILES string of the molecule is c1ccc(N(c2ccccc2)c2cccc3oc4cccc(-c5ccc6c(c5)oc5ccc(-c7ccc8c(c7)oc7ccccc78)cc56)c4c23)cc1. The van der Waals surface area contributed by atoms with Gasteiger partial charge in [-0.1, -0.05) is 91.0 Å². The molecule has 8 aromatic carbocycles. The number of hydrogen-bond acceptors (Lipinski definition) is 4. The van der Waals surface area contributed by atoms with Gasteiger partial charge in [0.2, 0.25) is 0 Å². The lowest BCUT2D eigenvalue weighted by atomic mass is 9.97. The topological polar surface area (TPSA) is 42.7 Å². The zero-order valence-electron chi connectivity index (χ0n) is 27.9. The lowest BCUT2D eigenvalue weighted by molar-refractivity contribution is 0.668. The number of anilines is 3. The van der Waals surface area contributed by atoms with Crippen molar-refractivity contribution in [1.82, 2.24) is 0 Å². The molecule has 0 N–H and O–H groups in total. The van der Waals surface area contributed by atoms with E-state index in [9.17, 15) is 0 Å². The van der Waals surface area contributed by atoms with Crippen molar-refractivity contribution in [3.63, 3.8) is 0 Å². The van der Waals surface area contributed by atoms with Gasteiger partial charge in [-0.05, 0) is 107 Å². The molecular formula is C48H29NO3. The summed E-state index contributed by atoms with van der Waals surface area (Å²) in [6.07, 6.45) is 0. The zero-order chi connectivity index (χ0) is 34.2. The van der Waals surface area contributed by atoms with Gasteiger partial charge in [0.05, 0.1) is 11.1 Å². The van der Waals surface area contributed by atoms with Gasteiger partial charge in [0.25, 0.3) is 0 Å². The molecule has 0 atom stereocenters. The molecule has 0 aliphatic heterocycles. The predicted octanol–water partition coefficient (Wildman–Crippen LogP) is 14.2. The molecule has 0 radical (unpaired) electrons. The quantitative estimate of drug-likeness (QED) is 0.183. The summed E-state index contributed by atoms with van der Waals surface area (Å²) in [6.45, 7) is 0. The molecule has 0 bridgehead atoms. The standard InChI is InChI=1S/C48H29NO3/c1-3-11-33(12-4-1)49(34-13-5-2-6-14-34)40-17-10-20-44-48(40)47-35(16-9-19-43(47)52-44)32-22-25-38-39-27-30(23-26-42(39)51-46(38)29-32)31-21-24-37-36-15-7-8-18-41(36)50-45(37)28-31/h1-29H. The Morgan fingerprint density at radius 2 is 0.827 bits per heavy atom. The Morgan fingerprint density at radius 1 is 0.308 bits per heavy atom. The van der Waals surface area contributed by atoms with Crippen LogP contribution >= 0.6 is 0 Å². The van der Waals surface area contributed by atoms with Gasteiger partial charge in [0.1, 0.15) is 33.5 Å². The van der Waals surface area contributed by atoms with Crippen molar-refractivity contribution in [3.8, 4) is 22.3 Å². The number of hydrogen-bond donors (Lipinski definition) is 0. The van der Waals surface area contributed by atoms with Crippen LogP contribution in [0.5, 0.6) is 0 Å². The molecule has 3 heterocycles. The Labute approximate surface area is 298 Å². The lowest BCUT2D eigenvalue weighted by Crippen LogP contribution is -2.10. The lowest BCUT2D eigenvalue weighted by Gasteiger charge is -2.26. The first kappa shape index (κ1) is 28.8. The molecule has 0 aliphatic carbocycles. The summed E-state index contributed by atoms with van der Waals surface area (Å²) in [7, 11) is 0. The number of nitrogens with zero attached hydrogens (tertiary/aromatic N) is 1. The molecule has 0 amide bonds. The first-order valence-electron chi connectivity index (χ1n) is 17.5. The molecule has 4 nitrogen and oxygen atoms in total. The highest BCUT2D eigenvalue weighted by Gasteiger charge is 2.22. The van der Waals surface area contributed by atoms with Gasteiger partial charge in [0, 0.05) is 38.3 Å². The Morgan fingerprint density at radius 3 is 1.60 bits per heavy atom. The van der Waals surface area contributed by atoms with Crippen LogP contribution in [0.4, 0.5) is 17.1 Å². The minimum Gasteiger partial charge on any atom is -0.456 e. The molecule has 52 heavy (non-hydrogen) atoms. The maximum Gasteiger partial charge on any atom is 0.137 e. The van der Waals surface area contributed by atoms with Crippen LogP contribution in [0.25, 0.3) is 88.1 Å².